The summed E-state index contributed by atoms with van der Waals surface area (Å²) in [6.45, 7) is 2.10. The Morgan fingerprint density at radius 3 is 2.57 bits per heavy atom. The van der Waals surface area contributed by atoms with Crippen molar-refractivity contribution in [2.75, 3.05) is 18.8 Å². The minimum atomic E-state index is -3.59. The van der Waals surface area contributed by atoms with Gasteiger partial charge in [-0.15, -0.1) is 0 Å². The van der Waals surface area contributed by atoms with E-state index in [-0.39, 0.29) is 29.0 Å². The molecule has 1 heterocycles. The molecule has 0 bridgehead atoms. The minimum absolute atomic E-state index is 0.0101. The van der Waals surface area contributed by atoms with E-state index in [0.29, 0.717) is 13.0 Å². The Hall–Kier alpha value is -1.96. The smallest absolute Gasteiger partial charge is 0.242 e. The van der Waals surface area contributed by atoms with Crippen molar-refractivity contribution in [2.45, 2.75) is 30.7 Å². The number of hydrogen-bond donors (Lipinski definition) is 1. The van der Waals surface area contributed by atoms with E-state index in [1.807, 2.05) is 0 Å². The number of amides is 2. The minimum Gasteiger partial charge on any atom is -0.353 e. The number of halogens is 1. The van der Waals surface area contributed by atoms with Gasteiger partial charge in [-0.05, 0) is 37.6 Å². The molecular weight excluding hydrogens is 323 g/mol. The van der Waals surface area contributed by atoms with Gasteiger partial charge in [0.05, 0.1) is 10.6 Å². The highest BCUT2D eigenvalue weighted by atomic mass is 32.2. The van der Waals surface area contributed by atoms with Gasteiger partial charge in [0.2, 0.25) is 11.8 Å². The van der Waals surface area contributed by atoms with E-state index in [9.17, 15) is 22.4 Å². The van der Waals surface area contributed by atoms with E-state index in [1.54, 1.807) is 6.92 Å². The molecule has 1 atom stereocenters. The standard InChI is InChI=1S/C15H19FN2O4S/c1-11(18-9-2-3-14(18)19)15(20)17-8-10-23(21,22)13-6-4-12(16)5-7-13/h4-7,11H,2-3,8-10H2,1H3,(H,17,20)/t11-/m1/s1. The number of carbonyl (C=O) groups excluding carboxylic acids is 2. The zero-order valence-electron chi connectivity index (χ0n) is 12.8. The van der Waals surface area contributed by atoms with E-state index < -0.39 is 21.7 Å². The van der Waals surface area contributed by atoms with Crippen LogP contribution >= 0.6 is 0 Å². The highest BCUT2D eigenvalue weighted by molar-refractivity contribution is 7.91. The van der Waals surface area contributed by atoms with Crippen molar-refractivity contribution < 1.29 is 22.4 Å². The highest BCUT2D eigenvalue weighted by Crippen LogP contribution is 2.14. The van der Waals surface area contributed by atoms with Gasteiger partial charge >= 0.3 is 0 Å². The molecule has 1 aromatic carbocycles. The zero-order valence-corrected chi connectivity index (χ0v) is 13.6. The van der Waals surface area contributed by atoms with Crippen LogP contribution in [0.4, 0.5) is 4.39 Å². The number of hydrogen-bond acceptors (Lipinski definition) is 4. The number of sulfone groups is 1. The molecule has 1 aliphatic rings. The van der Waals surface area contributed by atoms with E-state index in [2.05, 4.69) is 5.32 Å². The van der Waals surface area contributed by atoms with Crippen LogP contribution in [0.25, 0.3) is 0 Å². The summed E-state index contributed by atoms with van der Waals surface area (Å²) in [6, 6.07) is 3.92. The highest BCUT2D eigenvalue weighted by Gasteiger charge is 2.29. The van der Waals surface area contributed by atoms with Crippen LogP contribution in [-0.4, -0.2) is 50.0 Å². The molecule has 2 amide bonds. The molecule has 8 heteroatoms. The summed E-state index contributed by atoms with van der Waals surface area (Å²) in [4.78, 5) is 25.1. The summed E-state index contributed by atoms with van der Waals surface area (Å²) >= 11 is 0. The molecule has 1 fully saturated rings. The lowest BCUT2D eigenvalue weighted by atomic mass is 10.3. The van der Waals surface area contributed by atoms with Crippen molar-refractivity contribution in [3.05, 3.63) is 30.1 Å². The van der Waals surface area contributed by atoms with Crippen LogP contribution < -0.4 is 5.32 Å². The van der Waals surface area contributed by atoms with Crippen molar-refractivity contribution in [1.29, 1.82) is 0 Å². The maximum absolute atomic E-state index is 12.8. The Morgan fingerprint density at radius 1 is 1.35 bits per heavy atom. The summed E-state index contributed by atoms with van der Waals surface area (Å²) in [5, 5.41) is 2.53. The Labute approximate surface area is 134 Å². The fraction of sp³-hybridized carbons (Fsp3) is 0.467. The van der Waals surface area contributed by atoms with E-state index in [1.165, 1.54) is 17.0 Å². The van der Waals surface area contributed by atoms with Gasteiger partial charge in [0.15, 0.2) is 9.84 Å². The maximum atomic E-state index is 12.8. The first kappa shape index (κ1) is 17.4. The molecule has 6 nitrogen and oxygen atoms in total. The molecule has 0 aromatic heterocycles. The van der Waals surface area contributed by atoms with Gasteiger partial charge in [0.25, 0.3) is 0 Å². The normalized spacial score (nSPS) is 16.4. The summed E-state index contributed by atoms with van der Waals surface area (Å²) in [5.41, 5.74) is 0. The molecule has 2 rings (SSSR count). The Morgan fingerprint density at radius 2 is 2.00 bits per heavy atom. The lowest BCUT2D eigenvalue weighted by molar-refractivity contribution is -0.136. The number of nitrogens with one attached hydrogen (secondary N) is 1. The molecule has 1 saturated heterocycles. The largest absolute Gasteiger partial charge is 0.353 e. The molecule has 23 heavy (non-hydrogen) atoms. The van der Waals surface area contributed by atoms with Crippen LogP contribution in [-0.2, 0) is 19.4 Å². The fourth-order valence-corrected chi connectivity index (χ4v) is 3.59. The first-order valence-electron chi connectivity index (χ1n) is 7.37. The van der Waals surface area contributed by atoms with Gasteiger partial charge in [-0.2, -0.15) is 0 Å². The molecule has 1 aromatic rings. The molecule has 0 unspecified atom stereocenters. The molecular formula is C15H19FN2O4S. The quantitative estimate of drug-likeness (QED) is 0.773. The van der Waals surface area contributed by atoms with Crippen LogP contribution in [0.2, 0.25) is 0 Å². The topological polar surface area (TPSA) is 83.6 Å². The number of carbonyl (C=O) groups is 2. The first-order valence-corrected chi connectivity index (χ1v) is 9.02. The second-order valence-corrected chi connectivity index (χ2v) is 7.54. The molecule has 126 valence electrons. The van der Waals surface area contributed by atoms with Crippen LogP contribution in [0.15, 0.2) is 29.2 Å². The van der Waals surface area contributed by atoms with E-state index in [4.69, 9.17) is 0 Å². The third-order valence-corrected chi connectivity index (χ3v) is 5.53. The van der Waals surface area contributed by atoms with Gasteiger partial charge in [0, 0.05) is 19.5 Å². The molecule has 0 radical (unpaired) electrons. The number of benzene rings is 1. The number of nitrogens with zero attached hydrogens (tertiary/aromatic N) is 1. The van der Waals surface area contributed by atoms with E-state index >= 15 is 0 Å². The lowest BCUT2D eigenvalue weighted by Crippen LogP contribution is -2.46. The van der Waals surface area contributed by atoms with Gasteiger partial charge in [-0.1, -0.05) is 0 Å². The van der Waals surface area contributed by atoms with E-state index in [0.717, 1.165) is 18.6 Å². The van der Waals surface area contributed by atoms with Crippen LogP contribution in [0, 0.1) is 5.82 Å². The SMILES string of the molecule is C[C@H](C(=O)NCCS(=O)(=O)c1ccc(F)cc1)N1CCCC1=O. The summed E-state index contributed by atoms with van der Waals surface area (Å²) in [6.07, 6.45) is 1.17. The Balaban J connectivity index is 1.87. The van der Waals surface area contributed by atoms with Crippen molar-refractivity contribution >= 4 is 21.7 Å². The molecule has 1 N–H and O–H groups in total. The average Bonchev–Trinajstić information content (AvgIpc) is 2.92. The third-order valence-electron chi connectivity index (χ3n) is 3.80. The number of rotatable bonds is 6. The maximum Gasteiger partial charge on any atom is 0.242 e. The first-order chi connectivity index (χ1) is 10.8. The zero-order chi connectivity index (χ0) is 17.0. The summed E-state index contributed by atoms with van der Waals surface area (Å²) in [7, 11) is -3.59. The molecule has 0 aliphatic carbocycles. The Kier molecular flexibility index (Phi) is 5.35. The predicted octanol–water partition coefficient (Wildman–Crippen LogP) is 0.726. The second kappa shape index (κ2) is 7.08. The Bertz CT molecular complexity index is 688. The summed E-state index contributed by atoms with van der Waals surface area (Å²) < 4.78 is 36.9. The second-order valence-electron chi connectivity index (χ2n) is 5.43. The van der Waals surface area contributed by atoms with Crippen LogP contribution in [0.5, 0.6) is 0 Å². The predicted molar refractivity (Wildman–Crippen MR) is 81.9 cm³/mol. The van der Waals surface area contributed by atoms with Crippen molar-refractivity contribution in [1.82, 2.24) is 10.2 Å². The van der Waals surface area contributed by atoms with Gasteiger partial charge in [-0.3, -0.25) is 9.59 Å². The lowest BCUT2D eigenvalue weighted by Gasteiger charge is -2.23. The number of likely N-dealkylation sites (tertiary alicyclic amines) is 1. The van der Waals surface area contributed by atoms with Gasteiger partial charge in [0.1, 0.15) is 11.9 Å². The molecule has 1 aliphatic heterocycles. The van der Waals surface area contributed by atoms with Crippen molar-refractivity contribution in [3.8, 4) is 0 Å². The monoisotopic (exact) mass is 342 g/mol. The average molecular weight is 342 g/mol. The molecule has 0 saturated carbocycles. The van der Waals surface area contributed by atoms with Crippen molar-refractivity contribution in [2.24, 2.45) is 0 Å². The fourth-order valence-electron chi connectivity index (χ4n) is 2.44. The van der Waals surface area contributed by atoms with Crippen LogP contribution in [0.1, 0.15) is 19.8 Å². The van der Waals surface area contributed by atoms with Gasteiger partial charge in [-0.25, -0.2) is 12.8 Å². The third kappa shape index (κ3) is 4.28. The van der Waals surface area contributed by atoms with Gasteiger partial charge < -0.3 is 10.2 Å². The van der Waals surface area contributed by atoms with Crippen molar-refractivity contribution in [3.63, 3.8) is 0 Å². The van der Waals surface area contributed by atoms with Crippen LogP contribution in [0.3, 0.4) is 0 Å². The summed E-state index contributed by atoms with van der Waals surface area (Å²) in [5.74, 6) is -1.24. The molecule has 0 spiro atoms.